The van der Waals surface area contributed by atoms with Crippen LogP contribution in [0.2, 0.25) is 0 Å². The maximum atomic E-state index is 9.43. The van der Waals surface area contributed by atoms with E-state index in [1.807, 2.05) is 6.07 Å². The number of hydrogen-bond acceptors (Lipinski definition) is 5. The van der Waals surface area contributed by atoms with Crippen molar-refractivity contribution in [1.29, 1.82) is 0 Å². The Morgan fingerprint density at radius 1 is 0.950 bits per heavy atom. The molecule has 0 aliphatic heterocycles. The van der Waals surface area contributed by atoms with Crippen LogP contribution in [-0.4, -0.2) is 20.4 Å². The van der Waals surface area contributed by atoms with E-state index in [0.717, 1.165) is 5.56 Å². The van der Waals surface area contributed by atoms with Crippen LogP contribution < -0.4 is 0 Å². The molecule has 20 heavy (non-hydrogen) atoms. The number of aromatic hydroxyl groups is 2. The fourth-order valence-electron chi connectivity index (χ4n) is 1.93. The van der Waals surface area contributed by atoms with E-state index in [9.17, 15) is 10.2 Å². The molecule has 3 aromatic rings. The zero-order chi connectivity index (χ0) is 13.9. The molecule has 0 radical (unpaired) electrons. The first-order valence-corrected chi connectivity index (χ1v) is 6.10. The van der Waals surface area contributed by atoms with Crippen LogP contribution in [0.4, 0.5) is 0 Å². The van der Waals surface area contributed by atoms with Crippen molar-refractivity contribution in [1.82, 2.24) is 10.1 Å². The minimum atomic E-state index is 0.154. The van der Waals surface area contributed by atoms with Crippen molar-refractivity contribution in [3.8, 4) is 22.9 Å². The van der Waals surface area contributed by atoms with Gasteiger partial charge in [-0.05, 0) is 29.8 Å². The Labute approximate surface area is 115 Å². The van der Waals surface area contributed by atoms with E-state index in [-0.39, 0.29) is 11.5 Å². The molecule has 3 rings (SSSR count). The van der Waals surface area contributed by atoms with Gasteiger partial charge >= 0.3 is 0 Å². The van der Waals surface area contributed by atoms with E-state index in [1.54, 1.807) is 42.5 Å². The van der Waals surface area contributed by atoms with Crippen molar-refractivity contribution in [3.63, 3.8) is 0 Å². The molecular formula is C15H12N2O3. The number of aromatic nitrogens is 2. The van der Waals surface area contributed by atoms with Crippen LogP contribution in [0.1, 0.15) is 11.5 Å². The Bertz CT molecular complexity index is 737. The van der Waals surface area contributed by atoms with E-state index >= 15 is 0 Å². The van der Waals surface area contributed by atoms with Crippen molar-refractivity contribution in [2.45, 2.75) is 6.42 Å². The van der Waals surface area contributed by atoms with Gasteiger partial charge in [-0.3, -0.25) is 0 Å². The quantitative estimate of drug-likeness (QED) is 0.763. The van der Waals surface area contributed by atoms with Crippen LogP contribution in [0.3, 0.4) is 0 Å². The molecule has 100 valence electrons. The van der Waals surface area contributed by atoms with E-state index in [2.05, 4.69) is 10.1 Å². The summed E-state index contributed by atoms with van der Waals surface area (Å²) in [5.74, 6) is 1.24. The molecule has 2 aromatic carbocycles. The Morgan fingerprint density at radius 3 is 2.45 bits per heavy atom. The maximum absolute atomic E-state index is 9.43. The third-order valence-corrected chi connectivity index (χ3v) is 2.84. The highest BCUT2D eigenvalue weighted by Gasteiger charge is 2.10. The third-order valence-electron chi connectivity index (χ3n) is 2.84. The van der Waals surface area contributed by atoms with E-state index < -0.39 is 0 Å². The largest absolute Gasteiger partial charge is 0.508 e. The lowest BCUT2D eigenvalue weighted by atomic mass is 10.1. The average molecular weight is 268 g/mol. The van der Waals surface area contributed by atoms with Gasteiger partial charge in [-0.2, -0.15) is 4.98 Å². The molecule has 0 saturated heterocycles. The summed E-state index contributed by atoms with van der Waals surface area (Å²) >= 11 is 0. The summed E-state index contributed by atoms with van der Waals surface area (Å²) in [6, 6.07) is 13.6. The van der Waals surface area contributed by atoms with Gasteiger partial charge in [0, 0.05) is 5.56 Å². The number of nitrogens with zero attached hydrogens (tertiary/aromatic N) is 2. The molecular weight excluding hydrogens is 256 g/mol. The normalized spacial score (nSPS) is 10.6. The molecule has 5 heteroatoms. The molecule has 0 unspecified atom stereocenters. The van der Waals surface area contributed by atoms with Crippen molar-refractivity contribution >= 4 is 0 Å². The molecule has 2 N–H and O–H groups in total. The molecule has 1 heterocycles. The Kier molecular flexibility index (Phi) is 3.09. The van der Waals surface area contributed by atoms with Gasteiger partial charge in [0.15, 0.2) is 0 Å². The summed E-state index contributed by atoms with van der Waals surface area (Å²) in [5.41, 5.74) is 1.58. The number of rotatable bonds is 3. The molecule has 0 spiro atoms. The monoisotopic (exact) mass is 268 g/mol. The molecule has 0 saturated carbocycles. The summed E-state index contributed by atoms with van der Waals surface area (Å²) < 4.78 is 5.18. The lowest BCUT2D eigenvalue weighted by Gasteiger charge is -1.97. The molecule has 0 fully saturated rings. The summed E-state index contributed by atoms with van der Waals surface area (Å²) in [6.45, 7) is 0. The SMILES string of the molecule is Oc1cccc(Cc2nc(-c3cccc(O)c3)no2)c1. The highest BCUT2D eigenvalue weighted by Crippen LogP contribution is 2.21. The van der Waals surface area contributed by atoms with Crippen molar-refractivity contribution in [2.75, 3.05) is 0 Å². The predicted molar refractivity (Wildman–Crippen MR) is 72.3 cm³/mol. The average Bonchev–Trinajstić information content (AvgIpc) is 2.87. The van der Waals surface area contributed by atoms with Crippen LogP contribution >= 0.6 is 0 Å². The van der Waals surface area contributed by atoms with Crippen LogP contribution in [-0.2, 0) is 6.42 Å². The fraction of sp³-hybridized carbons (Fsp3) is 0.0667. The minimum Gasteiger partial charge on any atom is -0.508 e. The lowest BCUT2D eigenvalue weighted by molar-refractivity contribution is 0.385. The number of phenols is 2. The van der Waals surface area contributed by atoms with E-state index in [0.29, 0.717) is 23.7 Å². The van der Waals surface area contributed by atoms with Crippen LogP contribution in [0.15, 0.2) is 53.1 Å². The van der Waals surface area contributed by atoms with Crippen molar-refractivity contribution in [3.05, 3.63) is 60.0 Å². The van der Waals surface area contributed by atoms with Gasteiger partial charge in [0.05, 0.1) is 6.42 Å². The van der Waals surface area contributed by atoms with Gasteiger partial charge in [0.2, 0.25) is 11.7 Å². The van der Waals surface area contributed by atoms with Gasteiger partial charge < -0.3 is 14.7 Å². The second-order valence-electron chi connectivity index (χ2n) is 4.41. The van der Waals surface area contributed by atoms with Gasteiger partial charge in [-0.25, -0.2) is 0 Å². The van der Waals surface area contributed by atoms with Crippen LogP contribution in [0.5, 0.6) is 11.5 Å². The van der Waals surface area contributed by atoms with Crippen LogP contribution in [0.25, 0.3) is 11.4 Å². The highest BCUT2D eigenvalue weighted by atomic mass is 16.5. The minimum absolute atomic E-state index is 0.154. The van der Waals surface area contributed by atoms with Crippen molar-refractivity contribution in [2.24, 2.45) is 0 Å². The first kappa shape index (κ1) is 12.2. The molecule has 1 aromatic heterocycles. The molecule has 0 bridgehead atoms. The maximum Gasteiger partial charge on any atom is 0.231 e. The molecule has 5 nitrogen and oxygen atoms in total. The van der Waals surface area contributed by atoms with Gasteiger partial charge in [0.1, 0.15) is 11.5 Å². The van der Waals surface area contributed by atoms with E-state index in [4.69, 9.17) is 4.52 Å². The topological polar surface area (TPSA) is 79.4 Å². The van der Waals surface area contributed by atoms with Gasteiger partial charge in [-0.15, -0.1) is 0 Å². The zero-order valence-corrected chi connectivity index (χ0v) is 10.5. The van der Waals surface area contributed by atoms with Crippen molar-refractivity contribution < 1.29 is 14.7 Å². The number of phenolic OH excluding ortho intramolecular Hbond substituents is 2. The molecule has 0 amide bonds. The number of hydrogen-bond donors (Lipinski definition) is 2. The zero-order valence-electron chi connectivity index (χ0n) is 10.5. The van der Waals surface area contributed by atoms with E-state index in [1.165, 1.54) is 0 Å². The number of benzene rings is 2. The Hall–Kier alpha value is -2.82. The highest BCUT2D eigenvalue weighted by molar-refractivity contribution is 5.56. The van der Waals surface area contributed by atoms with Gasteiger partial charge in [-0.1, -0.05) is 29.4 Å². The lowest BCUT2D eigenvalue weighted by Crippen LogP contribution is -1.88. The smallest absolute Gasteiger partial charge is 0.231 e. The first-order chi connectivity index (χ1) is 9.70. The molecule has 0 atom stereocenters. The summed E-state index contributed by atoms with van der Waals surface area (Å²) in [6.07, 6.45) is 0.445. The summed E-state index contributed by atoms with van der Waals surface area (Å²) in [7, 11) is 0. The third kappa shape index (κ3) is 2.61. The molecule has 0 aliphatic rings. The summed E-state index contributed by atoms with van der Waals surface area (Å²) in [4.78, 5) is 4.28. The Morgan fingerprint density at radius 2 is 1.70 bits per heavy atom. The second-order valence-corrected chi connectivity index (χ2v) is 4.41. The standard InChI is InChI=1S/C15H12N2O3/c18-12-5-1-3-10(7-12)8-14-16-15(17-20-14)11-4-2-6-13(19)9-11/h1-7,9,18-19H,8H2. The van der Waals surface area contributed by atoms with Crippen LogP contribution in [0, 0.1) is 0 Å². The fourth-order valence-corrected chi connectivity index (χ4v) is 1.93. The molecule has 0 aliphatic carbocycles. The Balaban J connectivity index is 1.84. The predicted octanol–water partition coefficient (Wildman–Crippen LogP) is 2.74. The first-order valence-electron chi connectivity index (χ1n) is 6.10. The second kappa shape index (κ2) is 5.05. The summed E-state index contributed by atoms with van der Waals surface area (Å²) in [5, 5.41) is 22.7. The van der Waals surface area contributed by atoms with Gasteiger partial charge in [0.25, 0.3) is 0 Å².